The van der Waals surface area contributed by atoms with Gasteiger partial charge in [0, 0.05) is 42.9 Å². The Balaban J connectivity index is 0.000000615. The first-order valence-corrected chi connectivity index (χ1v) is 26.5. The lowest BCUT2D eigenvalue weighted by molar-refractivity contribution is -0.165. The van der Waals surface area contributed by atoms with E-state index in [-0.39, 0.29) is 79.1 Å². The number of fused-ring (bicyclic) bond motifs is 4. The van der Waals surface area contributed by atoms with Gasteiger partial charge in [-0.2, -0.15) is 0 Å². The maximum Gasteiger partial charge on any atom is 0.330 e. The summed E-state index contributed by atoms with van der Waals surface area (Å²) >= 11 is 0. The van der Waals surface area contributed by atoms with Crippen LogP contribution in [0.5, 0.6) is 0 Å². The number of ether oxygens (including phenoxy) is 9. The van der Waals surface area contributed by atoms with Crippen molar-refractivity contribution >= 4 is 41.8 Å². The molecule has 452 valence electrons. The van der Waals surface area contributed by atoms with Crippen LogP contribution in [0.4, 0.5) is 0 Å². The van der Waals surface area contributed by atoms with Crippen molar-refractivity contribution in [2.75, 3.05) is 106 Å². The van der Waals surface area contributed by atoms with E-state index in [4.69, 9.17) is 42.6 Å². The van der Waals surface area contributed by atoms with Gasteiger partial charge in [0.1, 0.15) is 46.2 Å². The lowest BCUT2D eigenvalue weighted by Gasteiger charge is -2.34. The molecule has 21 heteroatoms. The van der Waals surface area contributed by atoms with Crippen LogP contribution in [0.3, 0.4) is 0 Å². The minimum Gasteiger partial charge on any atom is -0.465 e. The van der Waals surface area contributed by atoms with E-state index < -0.39 is 96.5 Å². The van der Waals surface area contributed by atoms with E-state index in [1.165, 1.54) is 25.7 Å². The SMILES string of the molecule is C/C=C1/CC2C=CC1C2.C=CC(=O)OCC(CO)(CO)COCC(CO)(COC(=O)C=C)COC(=O)C=C.C=CC(=O)OCC(CO)(COCC(CO)(COC(=O)C=C)COC(=O)CCC)COC(=O)C=C.C=CC1CC2C=CC1C2. The summed E-state index contributed by atoms with van der Waals surface area (Å²) < 4.78 is 46.2. The second kappa shape index (κ2) is 38.9. The van der Waals surface area contributed by atoms with E-state index in [9.17, 15) is 59.1 Å². The summed E-state index contributed by atoms with van der Waals surface area (Å²) in [6.07, 6.45) is 25.7. The van der Waals surface area contributed by atoms with Crippen LogP contribution in [0.15, 0.2) is 125 Å². The van der Waals surface area contributed by atoms with Gasteiger partial charge in [0.2, 0.25) is 0 Å². The molecule has 0 aromatic rings. The lowest BCUT2D eigenvalue weighted by Crippen LogP contribution is -2.46. The zero-order valence-electron chi connectivity index (χ0n) is 47.1. The molecular formula is C60H86O21. The maximum atomic E-state index is 11.8. The molecule has 4 aliphatic carbocycles. The molecule has 0 spiro atoms. The van der Waals surface area contributed by atoms with Crippen molar-refractivity contribution in [2.45, 2.75) is 52.4 Å². The molecule has 5 N–H and O–H groups in total. The van der Waals surface area contributed by atoms with Crippen molar-refractivity contribution < 1.29 is 102 Å². The van der Waals surface area contributed by atoms with Gasteiger partial charge in [0.15, 0.2) is 0 Å². The van der Waals surface area contributed by atoms with Gasteiger partial charge in [-0.25, -0.2) is 28.8 Å². The molecule has 4 aliphatic rings. The normalized spacial score (nSPS) is 19.2. The first kappa shape index (κ1) is 72.4. The molecule has 2 saturated carbocycles. The smallest absolute Gasteiger partial charge is 0.330 e. The van der Waals surface area contributed by atoms with Gasteiger partial charge >= 0.3 is 41.8 Å². The van der Waals surface area contributed by atoms with Crippen LogP contribution in [-0.4, -0.2) is 173 Å². The molecule has 0 aromatic heterocycles. The highest BCUT2D eigenvalue weighted by Gasteiger charge is 2.40. The fraction of sp³-hybridized carbons (Fsp3) is 0.550. The van der Waals surface area contributed by atoms with Gasteiger partial charge in [-0.3, -0.25) is 4.79 Å². The van der Waals surface area contributed by atoms with Gasteiger partial charge in [-0.15, -0.1) is 6.58 Å². The zero-order valence-corrected chi connectivity index (χ0v) is 47.1. The molecule has 0 amide bonds. The highest BCUT2D eigenvalue weighted by atomic mass is 16.6. The molecule has 4 bridgehead atoms. The van der Waals surface area contributed by atoms with Gasteiger partial charge in [0.25, 0.3) is 0 Å². The van der Waals surface area contributed by atoms with Crippen LogP contribution in [0.1, 0.15) is 52.4 Å². The number of allylic oxidation sites excluding steroid dienone is 7. The minimum absolute atomic E-state index is 0.159. The number of carbonyl (C=O) groups is 7. The Labute approximate surface area is 475 Å². The van der Waals surface area contributed by atoms with Crippen LogP contribution >= 0.6 is 0 Å². The van der Waals surface area contributed by atoms with Crippen molar-refractivity contribution in [1.82, 2.24) is 0 Å². The highest BCUT2D eigenvalue weighted by Crippen LogP contribution is 2.44. The van der Waals surface area contributed by atoms with E-state index in [0.717, 1.165) is 66.0 Å². The maximum absolute atomic E-state index is 11.8. The summed E-state index contributed by atoms with van der Waals surface area (Å²) in [6, 6.07) is 0. The summed E-state index contributed by atoms with van der Waals surface area (Å²) in [5.41, 5.74) is -3.68. The number of esters is 7. The fourth-order valence-corrected chi connectivity index (χ4v) is 8.32. The van der Waals surface area contributed by atoms with Crippen molar-refractivity contribution in [3.8, 4) is 0 Å². The van der Waals surface area contributed by atoms with Crippen LogP contribution < -0.4 is 0 Å². The van der Waals surface area contributed by atoms with Crippen molar-refractivity contribution in [1.29, 1.82) is 0 Å². The van der Waals surface area contributed by atoms with E-state index >= 15 is 0 Å². The van der Waals surface area contributed by atoms with E-state index in [0.29, 0.717) is 6.42 Å². The third kappa shape index (κ3) is 26.3. The van der Waals surface area contributed by atoms with Crippen molar-refractivity contribution in [3.05, 3.63) is 125 Å². The predicted octanol–water partition coefficient (Wildman–Crippen LogP) is 4.54. The molecule has 0 saturated heterocycles. The van der Waals surface area contributed by atoms with Gasteiger partial charge < -0.3 is 68.2 Å². The Morgan fingerprint density at radius 1 is 0.469 bits per heavy atom. The Hall–Kier alpha value is -6.59. The van der Waals surface area contributed by atoms with Crippen molar-refractivity contribution in [2.24, 2.45) is 51.2 Å². The second-order valence-electron chi connectivity index (χ2n) is 20.3. The summed E-state index contributed by atoms with van der Waals surface area (Å²) in [5.74, 6) is -0.750. The fourth-order valence-electron chi connectivity index (χ4n) is 8.32. The number of hydrogen-bond acceptors (Lipinski definition) is 21. The second-order valence-corrected chi connectivity index (χ2v) is 20.3. The molecule has 0 radical (unpaired) electrons. The first-order chi connectivity index (χ1) is 38.7. The van der Waals surface area contributed by atoms with Gasteiger partial charge in [0.05, 0.1) is 81.1 Å². The predicted molar refractivity (Wildman–Crippen MR) is 298 cm³/mol. The molecule has 4 rings (SSSR count). The Kier molecular flexibility index (Phi) is 34.8. The topological polar surface area (TPSA) is 304 Å². The third-order valence-corrected chi connectivity index (χ3v) is 13.6. The number of rotatable bonds is 36. The average Bonchev–Trinajstić information content (AvgIpc) is 4.35. The van der Waals surface area contributed by atoms with Crippen LogP contribution in [0, 0.1) is 51.2 Å². The minimum atomic E-state index is -1.37. The number of aliphatic hydroxyl groups excluding tert-OH is 5. The quantitative estimate of drug-likeness (QED) is 0.0249. The van der Waals surface area contributed by atoms with Gasteiger partial charge in [-0.1, -0.05) is 88.4 Å². The average molecular weight is 1140 g/mol. The molecule has 0 heterocycles. The molecule has 0 aliphatic heterocycles. The zero-order chi connectivity index (χ0) is 60.9. The van der Waals surface area contributed by atoms with Crippen LogP contribution in [0.25, 0.3) is 0 Å². The van der Waals surface area contributed by atoms with Crippen LogP contribution in [-0.2, 0) is 76.2 Å². The highest BCUT2D eigenvalue weighted by molar-refractivity contribution is 5.83. The molecular weight excluding hydrogens is 1060 g/mol. The van der Waals surface area contributed by atoms with Crippen LogP contribution in [0.2, 0.25) is 0 Å². The lowest BCUT2D eigenvalue weighted by atomic mass is 9.90. The largest absolute Gasteiger partial charge is 0.465 e. The van der Waals surface area contributed by atoms with E-state index in [1.54, 1.807) is 12.5 Å². The van der Waals surface area contributed by atoms with E-state index in [1.807, 2.05) is 0 Å². The standard InChI is InChI=1S/C23H34O11.C19H28O10.2C9H12/c1-5-9-21(29)34-17-23(11-25,16-33-20(28)8-4)13-30-12-22(10-24,14-31-18(26)6-2)15-32-19(27)7-3;1-4-15(23)27-12-18(7-20,8-21)10-26-11-19(9-22,13-28-16(24)5-2)14-29-17(25)6-3;2*1-2-8-5-7-3-4-9(8)6-7/h6-8,24-25H,2-5,9-17H2,1H3;4-6,20-22H,1-3,7-14H2;2-4,7,9H,5-6H2,1H3;2-4,7-9H,1,5-6H2/b;;8-2-;. The molecule has 2 fully saturated rings. The molecule has 81 heavy (non-hydrogen) atoms. The number of carbonyl (C=O) groups excluding carboxylic acids is 7. The number of aliphatic hydroxyl groups is 5. The van der Waals surface area contributed by atoms with Gasteiger partial charge in [-0.05, 0) is 68.6 Å². The molecule has 6 unspecified atom stereocenters. The monoisotopic (exact) mass is 1140 g/mol. The molecule has 0 aromatic carbocycles. The molecule has 21 nitrogen and oxygen atoms in total. The molecule has 6 atom stereocenters. The third-order valence-electron chi connectivity index (χ3n) is 13.6. The Bertz CT molecular complexity index is 2140. The summed E-state index contributed by atoms with van der Waals surface area (Å²) in [5, 5.41) is 49.0. The van der Waals surface area contributed by atoms with Crippen molar-refractivity contribution in [3.63, 3.8) is 0 Å². The first-order valence-electron chi connectivity index (χ1n) is 26.5. The summed E-state index contributed by atoms with van der Waals surface area (Å²) in [7, 11) is 0. The Morgan fingerprint density at radius 2 is 0.815 bits per heavy atom. The summed E-state index contributed by atoms with van der Waals surface area (Å²) in [4.78, 5) is 80.3. The van der Waals surface area contributed by atoms with E-state index in [2.05, 4.69) is 89.4 Å². The number of hydrogen-bond donors (Lipinski definition) is 5. The Morgan fingerprint density at radius 3 is 1.05 bits per heavy atom. The summed E-state index contributed by atoms with van der Waals surface area (Å²) in [6.45, 7) is 20.8.